The quantitative estimate of drug-likeness (QED) is 0.701. The molecule has 0 aliphatic heterocycles. The van der Waals surface area contributed by atoms with Crippen molar-refractivity contribution in [3.05, 3.63) is 36.5 Å². The first kappa shape index (κ1) is 20.9. The molecule has 3 saturated carbocycles. The molecule has 4 nitrogen and oxygen atoms in total. The van der Waals surface area contributed by atoms with Crippen molar-refractivity contribution in [1.29, 1.82) is 0 Å². The van der Waals surface area contributed by atoms with E-state index in [0.29, 0.717) is 30.2 Å². The first-order chi connectivity index (χ1) is 13.8. The molecule has 3 aliphatic carbocycles. The molecule has 0 amide bonds. The maximum Gasteiger partial charge on any atom is 0.213 e. The van der Waals surface area contributed by atoms with Gasteiger partial charge in [-0.1, -0.05) is 32.1 Å². The van der Waals surface area contributed by atoms with Crippen LogP contribution in [0.5, 0.6) is 5.88 Å². The highest BCUT2D eigenvalue weighted by atomic mass is 16.5. The van der Waals surface area contributed by atoms with Gasteiger partial charge in [-0.2, -0.15) is 0 Å². The number of aliphatic hydroxyl groups excluding tert-OH is 2. The molecule has 1 aromatic rings. The van der Waals surface area contributed by atoms with E-state index in [9.17, 15) is 10.2 Å². The normalized spacial score (nSPS) is 42.5. The minimum atomic E-state index is -0.271. The van der Waals surface area contributed by atoms with Crippen LogP contribution in [0.4, 0.5) is 0 Å². The monoisotopic (exact) mass is 399 g/mol. The van der Waals surface area contributed by atoms with Crippen molar-refractivity contribution in [2.75, 3.05) is 6.61 Å². The maximum atomic E-state index is 11.5. The molecule has 2 N–H and O–H groups in total. The molecular weight excluding hydrogens is 362 g/mol. The summed E-state index contributed by atoms with van der Waals surface area (Å²) in [4.78, 5) is 4.25. The number of pyridine rings is 1. The fraction of sp³-hybridized carbons (Fsp3) is 0.720. The SMILES string of the molecule is C=C1CC[C@H]2[C@H](O)[C@@H]([C@@]3(C)CC[C@H](O)C[C@@H]3CCOc3ccccn3)CC[C@]12C. The minimum Gasteiger partial charge on any atom is -0.478 e. The van der Waals surface area contributed by atoms with E-state index in [0.717, 1.165) is 51.4 Å². The highest BCUT2D eigenvalue weighted by Crippen LogP contribution is 2.61. The van der Waals surface area contributed by atoms with E-state index in [1.54, 1.807) is 6.20 Å². The fourth-order valence-electron chi connectivity index (χ4n) is 6.80. The van der Waals surface area contributed by atoms with Crippen molar-refractivity contribution in [3.8, 4) is 5.88 Å². The summed E-state index contributed by atoms with van der Waals surface area (Å²) < 4.78 is 5.88. The third-order valence-corrected chi connectivity index (χ3v) is 8.89. The molecule has 7 atom stereocenters. The standard InChI is InChI=1S/C25H37NO3/c1-17-7-8-20-23(28)21(10-13-24(17,20)2)25(3)12-9-19(27)16-18(25)11-15-29-22-6-4-5-14-26-22/h4-6,14,18-21,23,27-28H,1,7-13,15-16H2,2-3H3/t18-,19-,20-,21-,23-,24+,25-/m0/s1. The highest BCUT2D eigenvalue weighted by Gasteiger charge is 2.56. The molecule has 0 aromatic carbocycles. The Morgan fingerprint density at radius 1 is 1.14 bits per heavy atom. The lowest BCUT2D eigenvalue weighted by molar-refractivity contribution is -0.121. The van der Waals surface area contributed by atoms with Crippen LogP contribution in [0.25, 0.3) is 0 Å². The largest absolute Gasteiger partial charge is 0.478 e. The Kier molecular flexibility index (Phi) is 5.78. The van der Waals surface area contributed by atoms with E-state index in [1.807, 2.05) is 18.2 Å². The number of aliphatic hydroxyl groups is 2. The van der Waals surface area contributed by atoms with E-state index in [4.69, 9.17) is 4.74 Å². The molecule has 0 radical (unpaired) electrons. The second-order valence-corrected chi connectivity index (χ2v) is 10.2. The Hall–Kier alpha value is -1.39. The summed E-state index contributed by atoms with van der Waals surface area (Å²) in [6, 6.07) is 5.70. The highest BCUT2D eigenvalue weighted by molar-refractivity contribution is 5.21. The number of fused-ring (bicyclic) bond motifs is 1. The molecule has 0 saturated heterocycles. The van der Waals surface area contributed by atoms with E-state index < -0.39 is 0 Å². The molecule has 0 unspecified atom stereocenters. The molecule has 4 rings (SSSR count). The molecule has 3 fully saturated rings. The molecule has 160 valence electrons. The van der Waals surface area contributed by atoms with Gasteiger partial charge in [-0.3, -0.25) is 0 Å². The summed E-state index contributed by atoms with van der Waals surface area (Å²) in [5.41, 5.74) is 1.49. The van der Waals surface area contributed by atoms with Crippen molar-refractivity contribution in [2.24, 2.45) is 28.6 Å². The number of nitrogens with zero attached hydrogens (tertiary/aromatic N) is 1. The predicted molar refractivity (Wildman–Crippen MR) is 115 cm³/mol. The zero-order chi connectivity index (χ0) is 20.6. The number of ether oxygens (including phenoxy) is 1. The van der Waals surface area contributed by atoms with Crippen molar-refractivity contribution in [1.82, 2.24) is 4.98 Å². The second-order valence-electron chi connectivity index (χ2n) is 10.2. The molecule has 1 heterocycles. The Morgan fingerprint density at radius 3 is 2.72 bits per heavy atom. The van der Waals surface area contributed by atoms with Gasteiger partial charge in [0.15, 0.2) is 0 Å². The van der Waals surface area contributed by atoms with Crippen LogP contribution < -0.4 is 4.74 Å². The van der Waals surface area contributed by atoms with Crippen LogP contribution in [0.2, 0.25) is 0 Å². The predicted octanol–water partition coefficient (Wildman–Crippen LogP) is 4.76. The molecule has 0 spiro atoms. The average Bonchev–Trinajstić information content (AvgIpc) is 3.01. The molecule has 0 bridgehead atoms. The Balaban J connectivity index is 1.48. The lowest BCUT2D eigenvalue weighted by atomic mass is 9.51. The second kappa shape index (κ2) is 8.03. The van der Waals surface area contributed by atoms with Crippen LogP contribution in [0, 0.1) is 28.6 Å². The van der Waals surface area contributed by atoms with Gasteiger partial charge in [-0.05, 0) is 86.0 Å². The van der Waals surface area contributed by atoms with E-state index in [2.05, 4.69) is 25.4 Å². The van der Waals surface area contributed by atoms with Crippen LogP contribution in [0.1, 0.15) is 65.2 Å². The Bertz CT molecular complexity index is 722. The van der Waals surface area contributed by atoms with Gasteiger partial charge in [-0.25, -0.2) is 4.98 Å². The summed E-state index contributed by atoms with van der Waals surface area (Å²) in [5, 5.41) is 21.9. The van der Waals surface area contributed by atoms with Crippen LogP contribution in [-0.2, 0) is 0 Å². The molecule has 3 aliphatic rings. The van der Waals surface area contributed by atoms with Crippen molar-refractivity contribution >= 4 is 0 Å². The van der Waals surface area contributed by atoms with Crippen molar-refractivity contribution in [3.63, 3.8) is 0 Å². The number of hydrogen-bond acceptors (Lipinski definition) is 4. The number of hydrogen-bond donors (Lipinski definition) is 2. The van der Waals surface area contributed by atoms with Crippen molar-refractivity contribution in [2.45, 2.75) is 77.4 Å². The number of rotatable bonds is 5. The first-order valence-corrected chi connectivity index (χ1v) is 11.4. The third-order valence-electron chi connectivity index (χ3n) is 8.89. The number of aromatic nitrogens is 1. The van der Waals surface area contributed by atoms with Gasteiger partial charge in [0.2, 0.25) is 5.88 Å². The Morgan fingerprint density at radius 2 is 1.97 bits per heavy atom. The summed E-state index contributed by atoms with van der Waals surface area (Å²) in [7, 11) is 0. The topological polar surface area (TPSA) is 62.6 Å². The fourth-order valence-corrected chi connectivity index (χ4v) is 6.80. The maximum absolute atomic E-state index is 11.5. The van der Waals surface area contributed by atoms with Gasteiger partial charge in [0.1, 0.15) is 0 Å². The lowest BCUT2D eigenvalue weighted by Gasteiger charge is -2.55. The molecule has 4 heteroatoms. The summed E-state index contributed by atoms with van der Waals surface area (Å²) >= 11 is 0. The smallest absolute Gasteiger partial charge is 0.213 e. The van der Waals surface area contributed by atoms with Crippen LogP contribution in [-0.4, -0.2) is 34.0 Å². The van der Waals surface area contributed by atoms with Crippen LogP contribution in [0.15, 0.2) is 36.5 Å². The van der Waals surface area contributed by atoms with E-state index in [1.165, 1.54) is 5.57 Å². The van der Waals surface area contributed by atoms with E-state index >= 15 is 0 Å². The summed E-state index contributed by atoms with van der Waals surface area (Å²) in [6.07, 6.45) is 9.07. The van der Waals surface area contributed by atoms with Gasteiger partial charge < -0.3 is 14.9 Å². The lowest BCUT2D eigenvalue weighted by Crippen LogP contribution is -2.53. The zero-order valence-corrected chi connectivity index (χ0v) is 18.0. The van der Waals surface area contributed by atoms with Crippen molar-refractivity contribution < 1.29 is 14.9 Å². The van der Waals surface area contributed by atoms with Gasteiger partial charge in [0.05, 0.1) is 18.8 Å². The summed E-state index contributed by atoms with van der Waals surface area (Å²) in [5.74, 6) is 1.63. The van der Waals surface area contributed by atoms with Gasteiger partial charge in [0.25, 0.3) is 0 Å². The number of allylic oxidation sites excluding steroid dienone is 1. The third kappa shape index (κ3) is 3.74. The zero-order valence-electron chi connectivity index (χ0n) is 18.0. The van der Waals surface area contributed by atoms with Crippen LogP contribution >= 0.6 is 0 Å². The molecule has 1 aromatic heterocycles. The average molecular weight is 400 g/mol. The van der Waals surface area contributed by atoms with Gasteiger partial charge >= 0.3 is 0 Å². The molecule has 29 heavy (non-hydrogen) atoms. The van der Waals surface area contributed by atoms with E-state index in [-0.39, 0.29) is 23.0 Å². The summed E-state index contributed by atoms with van der Waals surface area (Å²) in [6.45, 7) is 9.61. The minimum absolute atomic E-state index is 0.0391. The van der Waals surface area contributed by atoms with Gasteiger partial charge in [0, 0.05) is 12.3 Å². The Labute approximate surface area is 175 Å². The first-order valence-electron chi connectivity index (χ1n) is 11.4. The molecular formula is C25H37NO3. The van der Waals surface area contributed by atoms with Crippen LogP contribution in [0.3, 0.4) is 0 Å². The van der Waals surface area contributed by atoms with Gasteiger partial charge in [-0.15, -0.1) is 0 Å².